The number of hydrogen-bond acceptors (Lipinski definition) is 5. The minimum absolute atomic E-state index is 0.241. The first-order valence-corrected chi connectivity index (χ1v) is 7.65. The molecule has 0 atom stereocenters. The maximum Gasteiger partial charge on any atom is 0.137 e. The number of halogens is 1. The van der Waals surface area contributed by atoms with Gasteiger partial charge in [0.15, 0.2) is 0 Å². The molecule has 1 heterocycles. The van der Waals surface area contributed by atoms with E-state index in [0.717, 1.165) is 43.3 Å². The van der Waals surface area contributed by atoms with Gasteiger partial charge in [-0.2, -0.15) is 0 Å². The molecule has 5 nitrogen and oxygen atoms in total. The van der Waals surface area contributed by atoms with Crippen LogP contribution in [0.2, 0.25) is 5.15 Å². The van der Waals surface area contributed by atoms with E-state index in [1.165, 1.54) is 0 Å². The second kappa shape index (κ2) is 9.18. The second-order valence-corrected chi connectivity index (χ2v) is 5.66. The van der Waals surface area contributed by atoms with Crippen molar-refractivity contribution < 1.29 is 9.47 Å². The Morgan fingerprint density at radius 3 is 2.33 bits per heavy atom. The third kappa shape index (κ3) is 5.41. The highest BCUT2D eigenvalue weighted by Gasteiger charge is 2.17. The molecule has 0 saturated heterocycles. The van der Waals surface area contributed by atoms with Crippen molar-refractivity contribution in [2.24, 2.45) is 0 Å². The van der Waals surface area contributed by atoms with Crippen LogP contribution in [-0.4, -0.2) is 50.5 Å². The van der Waals surface area contributed by atoms with Crippen LogP contribution in [0.4, 0.5) is 5.82 Å². The predicted molar refractivity (Wildman–Crippen MR) is 86.5 cm³/mol. The zero-order valence-corrected chi connectivity index (χ0v) is 14.4. The van der Waals surface area contributed by atoms with Gasteiger partial charge in [0, 0.05) is 45.4 Å². The predicted octanol–water partition coefficient (Wildman–Crippen LogP) is 3.05. The number of anilines is 1. The van der Waals surface area contributed by atoms with Gasteiger partial charge in [-0.15, -0.1) is 0 Å². The molecule has 0 saturated carbocycles. The summed E-state index contributed by atoms with van der Waals surface area (Å²) >= 11 is 6.27. The molecule has 0 N–H and O–H groups in total. The topological polar surface area (TPSA) is 47.5 Å². The van der Waals surface area contributed by atoms with E-state index in [9.17, 15) is 0 Å². The first-order valence-electron chi connectivity index (χ1n) is 7.28. The fourth-order valence-electron chi connectivity index (χ4n) is 1.98. The summed E-state index contributed by atoms with van der Waals surface area (Å²) in [7, 11) is 3.41. The molecule has 0 bridgehead atoms. The van der Waals surface area contributed by atoms with Crippen LogP contribution in [0, 0.1) is 6.92 Å². The van der Waals surface area contributed by atoms with Gasteiger partial charge in [0.1, 0.15) is 16.8 Å². The molecule has 1 rings (SSSR count). The minimum Gasteiger partial charge on any atom is -0.385 e. The minimum atomic E-state index is 0.241. The van der Waals surface area contributed by atoms with E-state index in [1.807, 2.05) is 6.92 Å². The molecule has 0 aliphatic rings. The van der Waals surface area contributed by atoms with E-state index < -0.39 is 0 Å². The van der Waals surface area contributed by atoms with Gasteiger partial charge in [-0.1, -0.05) is 25.4 Å². The van der Waals surface area contributed by atoms with E-state index in [2.05, 4.69) is 23.7 Å². The number of methoxy groups -OCH3 is 2. The van der Waals surface area contributed by atoms with Crippen molar-refractivity contribution in [2.75, 3.05) is 45.4 Å². The Kier molecular flexibility index (Phi) is 7.93. The van der Waals surface area contributed by atoms with Crippen molar-refractivity contribution in [3.05, 3.63) is 16.5 Å². The van der Waals surface area contributed by atoms with Gasteiger partial charge in [-0.25, -0.2) is 9.97 Å². The monoisotopic (exact) mass is 315 g/mol. The van der Waals surface area contributed by atoms with Crippen LogP contribution in [0.25, 0.3) is 0 Å². The average Bonchev–Trinajstić information content (AvgIpc) is 2.45. The lowest BCUT2D eigenvalue weighted by atomic mass is 10.2. The zero-order valence-electron chi connectivity index (χ0n) is 13.6. The summed E-state index contributed by atoms with van der Waals surface area (Å²) in [4.78, 5) is 11.3. The summed E-state index contributed by atoms with van der Waals surface area (Å²) in [6.07, 6.45) is 0.929. The fourth-order valence-corrected chi connectivity index (χ4v) is 2.16. The summed E-state index contributed by atoms with van der Waals surface area (Å²) in [5, 5.41) is 0.526. The van der Waals surface area contributed by atoms with Gasteiger partial charge < -0.3 is 14.4 Å². The lowest BCUT2D eigenvalue weighted by Gasteiger charge is -2.26. The summed E-state index contributed by atoms with van der Waals surface area (Å²) in [6, 6.07) is 0. The Labute approximate surface area is 132 Å². The molecule has 1 aromatic heterocycles. The molecule has 0 unspecified atom stereocenters. The molecule has 0 aliphatic carbocycles. The quantitative estimate of drug-likeness (QED) is 0.518. The van der Waals surface area contributed by atoms with E-state index in [0.29, 0.717) is 11.8 Å². The van der Waals surface area contributed by atoms with Crippen molar-refractivity contribution in [1.82, 2.24) is 9.97 Å². The molecule has 1 aromatic rings. The van der Waals surface area contributed by atoms with Gasteiger partial charge in [-0.3, -0.25) is 0 Å². The standard InChI is InChI=1S/C15H26ClN3O2/c1-11(2)14-17-13(16)12(3)15(18-14)19(8-10-21-5)7-6-9-20-4/h11H,6-10H2,1-5H3. The van der Waals surface area contributed by atoms with Crippen LogP contribution >= 0.6 is 11.6 Å². The van der Waals surface area contributed by atoms with Crippen molar-refractivity contribution in [1.29, 1.82) is 0 Å². The highest BCUT2D eigenvalue weighted by Crippen LogP contribution is 2.26. The summed E-state index contributed by atoms with van der Waals surface area (Å²) in [6.45, 7) is 9.07. The Hall–Kier alpha value is -0.910. The molecular weight excluding hydrogens is 290 g/mol. The van der Waals surface area contributed by atoms with Crippen LogP contribution in [-0.2, 0) is 9.47 Å². The van der Waals surface area contributed by atoms with Gasteiger partial charge >= 0.3 is 0 Å². The Balaban J connectivity index is 3.03. The second-order valence-electron chi connectivity index (χ2n) is 5.30. The maximum atomic E-state index is 6.27. The highest BCUT2D eigenvalue weighted by atomic mass is 35.5. The van der Waals surface area contributed by atoms with Crippen LogP contribution in [0.15, 0.2) is 0 Å². The van der Waals surface area contributed by atoms with Crippen LogP contribution in [0.3, 0.4) is 0 Å². The van der Waals surface area contributed by atoms with E-state index in [1.54, 1.807) is 14.2 Å². The van der Waals surface area contributed by atoms with Gasteiger partial charge in [-0.05, 0) is 13.3 Å². The summed E-state index contributed by atoms with van der Waals surface area (Å²) < 4.78 is 10.3. The SMILES string of the molecule is COCCCN(CCOC)c1nc(C(C)C)nc(Cl)c1C. The van der Waals surface area contributed by atoms with Crippen molar-refractivity contribution in [2.45, 2.75) is 33.1 Å². The number of rotatable bonds is 9. The van der Waals surface area contributed by atoms with Gasteiger partial charge in [0.05, 0.1) is 6.61 Å². The van der Waals surface area contributed by atoms with Gasteiger partial charge in [0.25, 0.3) is 0 Å². The zero-order chi connectivity index (χ0) is 15.8. The van der Waals surface area contributed by atoms with E-state index in [-0.39, 0.29) is 5.92 Å². The van der Waals surface area contributed by atoms with Crippen LogP contribution in [0.5, 0.6) is 0 Å². The summed E-state index contributed by atoms with van der Waals surface area (Å²) in [5.41, 5.74) is 0.912. The van der Waals surface area contributed by atoms with Crippen LogP contribution in [0.1, 0.15) is 37.6 Å². The molecular formula is C15H26ClN3O2. The Morgan fingerprint density at radius 1 is 1.10 bits per heavy atom. The van der Waals surface area contributed by atoms with Crippen molar-refractivity contribution >= 4 is 17.4 Å². The molecule has 6 heteroatoms. The number of ether oxygens (including phenoxy) is 2. The lowest BCUT2D eigenvalue weighted by molar-refractivity contribution is 0.191. The lowest BCUT2D eigenvalue weighted by Crippen LogP contribution is -2.31. The van der Waals surface area contributed by atoms with E-state index in [4.69, 9.17) is 26.1 Å². The molecule has 0 fully saturated rings. The maximum absolute atomic E-state index is 6.27. The average molecular weight is 316 g/mol. The van der Waals surface area contributed by atoms with Crippen LogP contribution < -0.4 is 4.90 Å². The molecule has 0 radical (unpaired) electrons. The number of aromatic nitrogens is 2. The molecule has 0 amide bonds. The molecule has 0 spiro atoms. The van der Waals surface area contributed by atoms with Crippen molar-refractivity contribution in [3.8, 4) is 0 Å². The first kappa shape index (κ1) is 18.1. The first-order chi connectivity index (χ1) is 10.0. The molecule has 0 aromatic carbocycles. The fraction of sp³-hybridized carbons (Fsp3) is 0.733. The Morgan fingerprint density at radius 2 is 1.76 bits per heavy atom. The smallest absolute Gasteiger partial charge is 0.137 e. The van der Waals surface area contributed by atoms with E-state index >= 15 is 0 Å². The number of nitrogens with zero attached hydrogens (tertiary/aromatic N) is 3. The highest BCUT2D eigenvalue weighted by molar-refractivity contribution is 6.30. The Bertz CT molecular complexity index is 441. The normalized spacial score (nSPS) is 11.2. The largest absolute Gasteiger partial charge is 0.385 e. The molecule has 21 heavy (non-hydrogen) atoms. The molecule has 0 aliphatic heterocycles. The molecule has 120 valence electrons. The summed E-state index contributed by atoms with van der Waals surface area (Å²) in [5.74, 6) is 1.91. The third-order valence-corrected chi connectivity index (χ3v) is 3.60. The number of hydrogen-bond donors (Lipinski definition) is 0. The van der Waals surface area contributed by atoms with Crippen molar-refractivity contribution in [3.63, 3.8) is 0 Å². The van der Waals surface area contributed by atoms with Gasteiger partial charge in [0.2, 0.25) is 0 Å². The third-order valence-electron chi connectivity index (χ3n) is 3.24.